The summed E-state index contributed by atoms with van der Waals surface area (Å²) in [7, 11) is 1.70. The van der Waals surface area contributed by atoms with Crippen molar-refractivity contribution in [1.82, 2.24) is 15.2 Å². The molecule has 4 nitrogen and oxygen atoms in total. The molecular weight excluding hydrogens is 453 g/mol. The third-order valence-electron chi connectivity index (χ3n) is 5.40. The van der Waals surface area contributed by atoms with Gasteiger partial charge in [-0.05, 0) is 35.7 Å². The number of fused-ring (bicyclic) bond motifs is 1. The monoisotopic (exact) mass is 481 g/mol. The zero-order valence-corrected chi connectivity index (χ0v) is 20.0. The molecule has 1 aliphatic heterocycles. The van der Waals surface area contributed by atoms with Crippen LogP contribution < -0.4 is 10.1 Å². The number of pyridine rings is 1. The predicted molar refractivity (Wildman–Crippen MR) is 137 cm³/mol. The molecule has 4 rings (SSSR count). The van der Waals surface area contributed by atoms with Gasteiger partial charge in [-0.25, -0.2) is 0 Å². The van der Waals surface area contributed by atoms with Gasteiger partial charge in [-0.3, -0.25) is 9.88 Å². The lowest BCUT2D eigenvalue weighted by Gasteiger charge is -2.35. The molecular formula is C24H30Cl3N3O. The third-order valence-corrected chi connectivity index (χ3v) is 5.40. The second-order valence-electron chi connectivity index (χ2n) is 7.13. The van der Waals surface area contributed by atoms with Gasteiger partial charge in [0.15, 0.2) is 0 Å². The molecule has 168 valence electrons. The van der Waals surface area contributed by atoms with E-state index in [0.717, 1.165) is 43.9 Å². The van der Waals surface area contributed by atoms with E-state index in [9.17, 15) is 0 Å². The van der Waals surface area contributed by atoms with Crippen molar-refractivity contribution < 1.29 is 4.74 Å². The predicted octanol–water partition coefficient (Wildman–Crippen LogP) is 5.56. The molecule has 0 amide bonds. The maximum Gasteiger partial charge on any atom is 0.121 e. The average molecular weight is 483 g/mol. The van der Waals surface area contributed by atoms with Gasteiger partial charge in [-0.1, -0.05) is 42.5 Å². The Morgan fingerprint density at radius 1 is 1.03 bits per heavy atom. The Labute approximate surface area is 203 Å². The van der Waals surface area contributed by atoms with Crippen LogP contribution in [0.25, 0.3) is 17.0 Å². The second kappa shape index (κ2) is 13.6. The highest BCUT2D eigenvalue weighted by Crippen LogP contribution is 2.32. The molecule has 2 heterocycles. The fourth-order valence-corrected chi connectivity index (χ4v) is 3.93. The van der Waals surface area contributed by atoms with Crippen molar-refractivity contribution in [3.05, 3.63) is 78.0 Å². The number of piperazine rings is 1. The van der Waals surface area contributed by atoms with Crippen molar-refractivity contribution in [3.63, 3.8) is 0 Å². The molecule has 0 aliphatic carbocycles. The quantitative estimate of drug-likeness (QED) is 0.499. The van der Waals surface area contributed by atoms with Crippen molar-refractivity contribution in [2.45, 2.75) is 12.5 Å². The SMILES string of the molecule is COc1ccc2c(C(CC=Cc3ccccc3)N3CCNCC3)ccnc2c1.Cl.Cl.Cl. The van der Waals surface area contributed by atoms with Crippen LogP contribution in [0.1, 0.15) is 23.6 Å². The number of hydrogen-bond acceptors (Lipinski definition) is 4. The number of ether oxygens (including phenoxy) is 1. The van der Waals surface area contributed by atoms with E-state index in [-0.39, 0.29) is 37.2 Å². The first-order valence-electron chi connectivity index (χ1n) is 9.94. The van der Waals surface area contributed by atoms with Gasteiger partial charge < -0.3 is 10.1 Å². The lowest BCUT2D eigenvalue weighted by Crippen LogP contribution is -2.45. The smallest absolute Gasteiger partial charge is 0.121 e. The van der Waals surface area contributed by atoms with Crippen LogP contribution in [0.4, 0.5) is 0 Å². The van der Waals surface area contributed by atoms with Gasteiger partial charge in [-0.15, -0.1) is 37.2 Å². The van der Waals surface area contributed by atoms with Gasteiger partial charge in [0.2, 0.25) is 0 Å². The van der Waals surface area contributed by atoms with E-state index in [1.807, 2.05) is 18.3 Å². The summed E-state index contributed by atoms with van der Waals surface area (Å²) in [5, 5.41) is 4.67. The van der Waals surface area contributed by atoms with Crippen LogP contribution in [-0.4, -0.2) is 43.2 Å². The van der Waals surface area contributed by atoms with Crippen LogP contribution in [0.15, 0.2) is 66.9 Å². The van der Waals surface area contributed by atoms with E-state index in [2.05, 4.69) is 69.8 Å². The molecule has 31 heavy (non-hydrogen) atoms. The van der Waals surface area contributed by atoms with Crippen molar-refractivity contribution in [2.24, 2.45) is 0 Å². The summed E-state index contributed by atoms with van der Waals surface area (Å²) in [4.78, 5) is 7.17. The normalized spacial score (nSPS) is 14.9. The lowest BCUT2D eigenvalue weighted by atomic mass is 9.96. The number of benzene rings is 2. The van der Waals surface area contributed by atoms with Crippen LogP contribution in [0.5, 0.6) is 5.75 Å². The first-order valence-corrected chi connectivity index (χ1v) is 9.94. The van der Waals surface area contributed by atoms with Gasteiger partial charge in [0.1, 0.15) is 5.75 Å². The van der Waals surface area contributed by atoms with Crippen LogP contribution in [0.2, 0.25) is 0 Å². The summed E-state index contributed by atoms with van der Waals surface area (Å²) < 4.78 is 5.38. The first kappa shape index (κ1) is 27.2. The third kappa shape index (κ3) is 6.83. The van der Waals surface area contributed by atoms with E-state index >= 15 is 0 Å². The molecule has 1 aliphatic rings. The number of halogens is 3. The Morgan fingerprint density at radius 3 is 2.48 bits per heavy atom. The number of nitrogens with one attached hydrogen (secondary N) is 1. The molecule has 0 bridgehead atoms. The zero-order valence-electron chi connectivity index (χ0n) is 17.6. The van der Waals surface area contributed by atoms with Gasteiger partial charge >= 0.3 is 0 Å². The van der Waals surface area contributed by atoms with Crippen molar-refractivity contribution in [3.8, 4) is 5.75 Å². The fourth-order valence-electron chi connectivity index (χ4n) is 3.93. The van der Waals surface area contributed by atoms with Crippen LogP contribution in [-0.2, 0) is 0 Å². The molecule has 0 saturated carbocycles. The number of nitrogens with zero attached hydrogens (tertiary/aromatic N) is 2. The minimum Gasteiger partial charge on any atom is -0.497 e. The molecule has 1 atom stereocenters. The highest BCUT2D eigenvalue weighted by molar-refractivity contribution is 5.86. The molecule has 1 aromatic heterocycles. The molecule has 1 unspecified atom stereocenters. The topological polar surface area (TPSA) is 37.4 Å². The summed E-state index contributed by atoms with van der Waals surface area (Å²) in [5.74, 6) is 0.847. The highest BCUT2D eigenvalue weighted by atomic mass is 35.5. The standard InChI is InChI=1S/C24H27N3O.3ClH/c1-28-20-10-11-21-22(12-13-26-23(21)18-20)24(27-16-14-25-15-17-27)9-5-8-19-6-3-2-4-7-19;;;/h2-8,10-13,18,24-25H,9,14-17H2,1H3;3*1H. The van der Waals surface area contributed by atoms with Crippen LogP contribution in [0, 0.1) is 0 Å². The van der Waals surface area contributed by atoms with Crippen LogP contribution >= 0.6 is 37.2 Å². The molecule has 0 spiro atoms. The highest BCUT2D eigenvalue weighted by Gasteiger charge is 2.23. The lowest BCUT2D eigenvalue weighted by molar-refractivity contribution is 0.175. The van der Waals surface area contributed by atoms with Gasteiger partial charge in [-0.2, -0.15) is 0 Å². The Hall–Kier alpha value is -1.82. The minimum absolute atomic E-state index is 0. The number of aromatic nitrogens is 1. The minimum atomic E-state index is 0. The summed E-state index contributed by atoms with van der Waals surface area (Å²) in [6.45, 7) is 4.19. The maximum atomic E-state index is 5.38. The van der Waals surface area contributed by atoms with Gasteiger partial charge in [0, 0.05) is 49.9 Å². The molecule has 3 aromatic rings. The van der Waals surface area contributed by atoms with Crippen LogP contribution in [0.3, 0.4) is 0 Å². The molecule has 2 aromatic carbocycles. The molecule has 7 heteroatoms. The second-order valence-corrected chi connectivity index (χ2v) is 7.13. The average Bonchev–Trinajstić information content (AvgIpc) is 2.77. The number of rotatable bonds is 6. The van der Waals surface area contributed by atoms with Gasteiger partial charge in [0.25, 0.3) is 0 Å². The van der Waals surface area contributed by atoms with E-state index in [4.69, 9.17) is 4.74 Å². The van der Waals surface area contributed by atoms with E-state index in [1.165, 1.54) is 16.5 Å². The molecule has 1 fully saturated rings. The summed E-state index contributed by atoms with van der Waals surface area (Å²) >= 11 is 0. The van der Waals surface area contributed by atoms with E-state index in [1.54, 1.807) is 7.11 Å². The summed E-state index contributed by atoms with van der Waals surface area (Å²) in [5.41, 5.74) is 3.57. The zero-order chi connectivity index (χ0) is 19.2. The molecule has 1 saturated heterocycles. The van der Waals surface area contributed by atoms with E-state index in [0.29, 0.717) is 6.04 Å². The molecule has 0 radical (unpaired) electrons. The van der Waals surface area contributed by atoms with Gasteiger partial charge in [0.05, 0.1) is 12.6 Å². The summed E-state index contributed by atoms with van der Waals surface area (Å²) in [6, 6.07) is 19.2. The molecule has 1 N–H and O–H groups in total. The number of methoxy groups -OCH3 is 1. The van der Waals surface area contributed by atoms with Crippen molar-refractivity contribution in [2.75, 3.05) is 33.3 Å². The maximum absolute atomic E-state index is 5.38. The Morgan fingerprint density at radius 2 is 1.77 bits per heavy atom. The Kier molecular flexibility index (Phi) is 11.9. The number of hydrogen-bond donors (Lipinski definition) is 1. The Bertz CT molecular complexity index is 947. The Balaban J connectivity index is 0.00000160. The first-order chi connectivity index (χ1) is 13.8. The van der Waals surface area contributed by atoms with E-state index < -0.39 is 0 Å². The van der Waals surface area contributed by atoms with Crippen molar-refractivity contribution in [1.29, 1.82) is 0 Å². The summed E-state index contributed by atoms with van der Waals surface area (Å²) in [6.07, 6.45) is 7.42. The largest absolute Gasteiger partial charge is 0.497 e. The van der Waals surface area contributed by atoms with Crippen molar-refractivity contribution >= 4 is 54.2 Å². The fraction of sp³-hybridized carbons (Fsp3) is 0.292.